The minimum absolute atomic E-state index is 0.0991. The van der Waals surface area contributed by atoms with Crippen molar-refractivity contribution in [3.8, 4) is 0 Å². The first-order valence-corrected chi connectivity index (χ1v) is 8.05. The molecule has 2 aromatic rings. The zero-order valence-corrected chi connectivity index (χ0v) is 12.8. The van der Waals surface area contributed by atoms with Crippen LogP contribution < -0.4 is 15.8 Å². The molecule has 3 rings (SSSR count). The van der Waals surface area contributed by atoms with E-state index < -0.39 is 0 Å². The number of thiophene rings is 1. The molecule has 0 amide bonds. The monoisotopic (exact) mass is 292 g/mol. The first kappa shape index (κ1) is 13.6. The van der Waals surface area contributed by atoms with Crippen molar-refractivity contribution in [1.82, 2.24) is 14.9 Å². The molecule has 5 nitrogen and oxygen atoms in total. The first-order chi connectivity index (χ1) is 9.74. The van der Waals surface area contributed by atoms with Gasteiger partial charge in [0.25, 0.3) is 5.56 Å². The molecule has 1 aliphatic rings. The molecule has 1 aliphatic heterocycles. The van der Waals surface area contributed by atoms with Gasteiger partial charge in [0.05, 0.1) is 5.39 Å². The average Bonchev–Trinajstić information content (AvgIpc) is 2.91. The third kappa shape index (κ3) is 2.23. The fourth-order valence-electron chi connectivity index (χ4n) is 2.62. The highest BCUT2D eigenvalue weighted by atomic mass is 32.1. The van der Waals surface area contributed by atoms with Crippen LogP contribution in [0.2, 0.25) is 0 Å². The Morgan fingerprint density at radius 3 is 2.75 bits per heavy atom. The molecule has 0 atom stereocenters. The summed E-state index contributed by atoms with van der Waals surface area (Å²) in [7, 11) is 0. The Morgan fingerprint density at radius 1 is 1.35 bits per heavy atom. The highest BCUT2D eigenvalue weighted by Gasteiger charge is 2.19. The van der Waals surface area contributed by atoms with Gasteiger partial charge in [-0.3, -0.25) is 9.36 Å². The fourth-order valence-corrected chi connectivity index (χ4v) is 3.57. The number of fused-ring (bicyclic) bond motifs is 1. The number of rotatable bonds is 3. The van der Waals surface area contributed by atoms with Gasteiger partial charge in [-0.2, -0.15) is 0 Å². The Hall–Kier alpha value is -1.40. The Labute approximate surface area is 122 Å². The second-order valence-electron chi connectivity index (χ2n) is 4.98. The van der Waals surface area contributed by atoms with Crippen LogP contribution in [0.5, 0.6) is 0 Å². The van der Waals surface area contributed by atoms with E-state index in [0.717, 1.165) is 48.8 Å². The van der Waals surface area contributed by atoms with E-state index in [0.29, 0.717) is 6.54 Å². The minimum atomic E-state index is 0.0991. The van der Waals surface area contributed by atoms with Gasteiger partial charge < -0.3 is 10.2 Å². The van der Waals surface area contributed by atoms with Gasteiger partial charge in [0, 0.05) is 37.6 Å². The molecule has 0 unspecified atom stereocenters. The summed E-state index contributed by atoms with van der Waals surface area (Å²) in [5, 5.41) is 4.10. The molecule has 6 heteroatoms. The van der Waals surface area contributed by atoms with Gasteiger partial charge >= 0.3 is 0 Å². The van der Waals surface area contributed by atoms with Crippen molar-refractivity contribution in [2.45, 2.75) is 26.8 Å². The van der Waals surface area contributed by atoms with Gasteiger partial charge in [0.1, 0.15) is 4.83 Å². The van der Waals surface area contributed by atoms with Gasteiger partial charge in [-0.25, -0.2) is 4.98 Å². The summed E-state index contributed by atoms with van der Waals surface area (Å²) < 4.78 is 1.81. The maximum atomic E-state index is 12.6. The summed E-state index contributed by atoms with van der Waals surface area (Å²) >= 11 is 1.64. The van der Waals surface area contributed by atoms with Crippen LogP contribution in [0.15, 0.2) is 10.9 Å². The fraction of sp³-hybridized carbons (Fsp3) is 0.571. The van der Waals surface area contributed by atoms with E-state index in [1.54, 1.807) is 15.9 Å². The third-order valence-electron chi connectivity index (χ3n) is 3.75. The van der Waals surface area contributed by atoms with Gasteiger partial charge in [-0.1, -0.05) is 6.92 Å². The summed E-state index contributed by atoms with van der Waals surface area (Å²) in [6.45, 7) is 8.49. The molecule has 0 aromatic carbocycles. The maximum Gasteiger partial charge on any atom is 0.263 e. The summed E-state index contributed by atoms with van der Waals surface area (Å²) in [5.41, 5.74) is 0.0991. The molecular formula is C14H20N4OS. The largest absolute Gasteiger partial charge is 0.340 e. The van der Waals surface area contributed by atoms with E-state index in [1.807, 2.05) is 13.0 Å². The predicted octanol–water partition coefficient (Wildman–Crippen LogP) is 1.45. The lowest BCUT2D eigenvalue weighted by Gasteiger charge is -2.29. The quantitative estimate of drug-likeness (QED) is 0.930. The van der Waals surface area contributed by atoms with Crippen LogP contribution in [0.25, 0.3) is 10.2 Å². The number of piperazine rings is 1. The second kappa shape index (κ2) is 5.54. The van der Waals surface area contributed by atoms with Crippen LogP contribution in [0.3, 0.4) is 0 Å². The number of hydrogen-bond donors (Lipinski definition) is 1. The highest BCUT2D eigenvalue weighted by molar-refractivity contribution is 7.18. The van der Waals surface area contributed by atoms with Crippen LogP contribution >= 0.6 is 11.3 Å². The smallest absolute Gasteiger partial charge is 0.263 e. The zero-order valence-electron chi connectivity index (χ0n) is 12.0. The topological polar surface area (TPSA) is 50.2 Å². The zero-order chi connectivity index (χ0) is 14.1. The van der Waals surface area contributed by atoms with E-state index in [9.17, 15) is 4.79 Å². The molecule has 0 aliphatic carbocycles. The molecule has 20 heavy (non-hydrogen) atoms. The van der Waals surface area contributed by atoms with Gasteiger partial charge in [0.2, 0.25) is 5.95 Å². The number of nitrogens with zero attached hydrogens (tertiary/aromatic N) is 3. The summed E-state index contributed by atoms with van der Waals surface area (Å²) in [4.78, 5) is 21.7. The highest BCUT2D eigenvalue weighted by Crippen LogP contribution is 2.24. The average molecular weight is 292 g/mol. The summed E-state index contributed by atoms with van der Waals surface area (Å²) in [6, 6.07) is 2.00. The van der Waals surface area contributed by atoms with E-state index in [4.69, 9.17) is 4.98 Å². The van der Waals surface area contributed by atoms with E-state index in [1.165, 1.54) is 4.88 Å². The summed E-state index contributed by atoms with van der Waals surface area (Å²) in [5.74, 6) is 0.830. The van der Waals surface area contributed by atoms with Gasteiger partial charge in [0.15, 0.2) is 0 Å². The lowest BCUT2D eigenvalue weighted by atomic mass is 10.3. The Kier molecular flexibility index (Phi) is 3.76. The van der Waals surface area contributed by atoms with Gasteiger partial charge in [-0.15, -0.1) is 11.3 Å². The van der Waals surface area contributed by atoms with Crippen molar-refractivity contribution in [3.05, 3.63) is 21.3 Å². The Bertz CT molecular complexity index is 670. The van der Waals surface area contributed by atoms with E-state index >= 15 is 0 Å². The number of hydrogen-bond acceptors (Lipinski definition) is 5. The van der Waals surface area contributed by atoms with Crippen LogP contribution in [-0.4, -0.2) is 35.7 Å². The van der Waals surface area contributed by atoms with Crippen molar-refractivity contribution in [2.24, 2.45) is 0 Å². The summed E-state index contributed by atoms with van der Waals surface area (Å²) in [6.07, 6.45) is 0.954. The molecule has 0 radical (unpaired) electrons. The Balaban J connectivity index is 2.17. The van der Waals surface area contributed by atoms with Crippen molar-refractivity contribution >= 4 is 27.5 Å². The normalized spacial score (nSPS) is 16.0. The molecule has 1 fully saturated rings. The molecule has 0 spiro atoms. The minimum Gasteiger partial charge on any atom is -0.340 e. The standard InChI is InChI=1S/C14H20N4OS/c1-3-10-9-11-12(20-10)16-14(18(4-2)13(11)19)17-7-5-15-6-8-17/h9,15H,3-8H2,1-2H3. The van der Waals surface area contributed by atoms with Crippen molar-refractivity contribution in [2.75, 3.05) is 31.1 Å². The molecular weight excluding hydrogens is 272 g/mol. The van der Waals surface area contributed by atoms with E-state index in [-0.39, 0.29) is 5.56 Å². The maximum absolute atomic E-state index is 12.6. The number of aryl methyl sites for hydroxylation is 1. The SMILES string of the molecule is CCc1cc2c(=O)n(CC)c(N3CCNCC3)nc2s1. The second-order valence-corrected chi connectivity index (χ2v) is 6.10. The molecule has 0 saturated carbocycles. The van der Waals surface area contributed by atoms with Crippen molar-refractivity contribution in [1.29, 1.82) is 0 Å². The number of nitrogens with one attached hydrogen (secondary N) is 1. The van der Waals surface area contributed by atoms with Crippen molar-refractivity contribution in [3.63, 3.8) is 0 Å². The lowest BCUT2D eigenvalue weighted by Crippen LogP contribution is -2.46. The van der Waals surface area contributed by atoms with Crippen LogP contribution in [-0.2, 0) is 13.0 Å². The molecule has 108 valence electrons. The molecule has 1 saturated heterocycles. The predicted molar refractivity (Wildman–Crippen MR) is 84.0 cm³/mol. The van der Waals surface area contributed by atoms with E-state index in [2.05, 4.69) is 17.1 Å². The number of anilines is 1. The van der Waals surface area contributed by atoms with Crippen LogP contribution in [0, 0.1) is 0 Å². The molecule has 0 bridgehead atoms. The number of aromatic nitrogens is 2. The molecule has 3 heterocycles. The molecule has 1 N–H and O–H groups in total. The van der Waals surface area contributed by atoms with Crippen molar-refractivity contribution < 1.29 is 0 Å². The van der Waals surface area contributed by atoms with Crippen LogP contribution in [0.1, 0.15) is 18.7 Å². The third-order valence-corrected chi connectivity index (χ3v) is 4.92. The molecule has 2 aromatic heterocycles. The van der Waals surface area contributed by atoms with Crippen LogP contribution in [0.4, 0.5) is 5.95 Å². The Morgan fingerprint density at radius 2 is 2.10 bits per heavy atom. The van der Waals surface area contributed by atoms with Gasteiger partial charge in [-0.05, 0) is 19.4 Å². The first-order valence-electron chi connectivity index (χ1n) is 7.23. The lowest BCUT2D eigenvalue weighted by molar-refractivity contribution is 0.561.